The summed E-state index contributed by atoms with van der Waals surface area (Å²) < 4.78 is 5.19. The van der Waals surface area contributed by atoms with Gasteiger partial charge in [0, 0.05) is 0 Å². The number of methoxy groups -OCH3 is 1. The summed E-state index contributed by atoms with van der Waals surface area (Å²) >= 11 is 0. The third kappa shape index (κ3) is 2.20. The minimum atomic E-state index is -0.381. The first-order valence-corrected chi connectivity index (χ1v) is 8.38. The van der Waals surface area contributed by atoms with E-state index in [1.165, 1.54) is 7.11 Å². The first-order valence-electron chi connectivity index (χ1n) is 8.38. The van der Waals surface area contributed by atoms with Crippen LogP contribution in [0.3, 0.4) is 0 Å². The second-order valence-corrected chi connectivity index (χ2v) is 6.90. The minimum absolute atomic E-state index is 0.160. The van der Waals surface area contributed by atoms with E-state index in [0.29, 0.717) is 23.3 Å². The lowest BCUT2D eigenvalue weighted by molar-refractivity contribution is -0.143. The Labute approximate surface area is 140 Å². The first kappa shape index (κ1) is 15.2. The fourth-order valence-corrected chi connectivity index (χ4v) is 4.71. The van der Waals surface area contributed by atoms with Crippen LogP contribution >= 0.6 is 0 Å². The van der Waals surface area contributed by atoms with Crippen molar-refractivity contribution in [3.8, 4) is 5.75 Å². The van der Waals surface area contributed by atoms with E-state index in [-0.39, 0.29) is 36.1 Å². The number of amides is 3. The zero-order valence-corrected chi connectivity index (χ0v) is 13.5. The Kier molecular flexibility index (Phi) is 3.55. The molecular formula is C18H20N2O4. The van der Waals surface area contributed by atoms with Crippen LogP contribution in [0, 0.1) is 23.7 Å². The summed E-state index contributed by atoms with van der Waals surface area (Å²) in [5, 5.41) is 2.72. The highest BCUT2D eigenvalue weighted by atomic mass is 16.5. The number of imide groups is 1. The van der Waals surface area contributed by atoms with Gasteiger partial charge >= 0.3 is 0 Å². The van der Waals surface area contributed by atoms with Gasteiger partial charge in [-0.1, -0.05) is 12.1 Å². The Morgan fingerprint density at radius 1 is 1.17 bits per heavy atom. The number of rotatable bonds is 4. The summed E-state index contributed by atoms with van der Waals surface area (Å²) in [5.74, 6) is 0.135. The van der Waals surface area contributed by atoms with Gasteiger partial charge in [-0.3, -0.25) is 19.3 Å². The van der Waals surface area contributed by atoms with Crippen LogP contribution in [0.15, 0.2) is 24.3 Å². The fraction of sp³-hybridized carbons (Fsp3) is 0.500. The first-order chi connectivity index (χ1) is 11.6. The van der Waals surface area contributed by atoms with Crippen LogP contribution in [0.4, 0.5) is 5.69 Å². The van der Waals surface area contributed by atoms with Crippen LogP contribution in [-0.4, -0.2) is 36.3 Å². The number of ether oxygens (including phenoxy) is 1. The standard InChI is InChI=1S/C18H20N2O4/c1-24-13-5-3-2-4-12(13)19-14(21)9-20-17(22)15-10-6-7-11(8-10)16(15)18(20)23/h2-5,10-11,15-16H,6-9H2,1H3,(H,19,21). The molecule has 0 aromatic heterocycles. The van der Waals surface area contributed by atoms with Gasteiger partial charge in [-0.25, -0.2) is 0 Å². The zero-order chi connectivity index (χ0) is 16.8. The third-order valence-corrected chi connectivity index (χ3v) is 5.70. The third-order valence-electron chi connectivity index (χ3n) is 5.70. The maximum Gasteiger partial charge on any atom is 0.244 e. The van der Waals surface area contributed by atoms with E-state index in [1.807, 2.05) is 0 Å². The Morgan fingerprint density at radius 2 is 1.79 bits per heavy atom. The van der Waals surface area contributed by atoms with Crippen molar-refractivity contribution in [2.24, 2.45) is 23.7 Å². The van der Waals surface area contributed by atoms with Crippen LogP contribution in [0.1, 0.15) is 19.3 Å². The van der Waals surface area contributed by atoms with Gasteiger partial charge in [-0.2, -0.15) is 0 Å². The predicted octanol–water partition coefficient (Wildman–Crippen LogP) is 1.66. The molecule has 126 valence electrons. The monoisotopic (exact) mass is 328 g/mol. The van der Waals surface area contributed by atoms with Crippen LogP contribution in [0.2, 0.25) is 0 Å². The van der Waals surface area contributed by atoms with Crippen LogP contribution < -0.4 is 10.1 Å². The van der Waals surface area contributed by atoms with Gasteiger partial charge in [-0.05, 0) is 43.2 Å². The smallest absolute Gasteiger partial charge is 0.244 e. The van der Waals surface area contributed by atoms with Crippen molar-refractivity contribution in [1.82, 2.24) is 4.90 Å². The molecule has 4 unspecified atom stereocenters. The lowest BCUT2D eigenvalue weighted by Gasteiger charge is -2.19. The number of fused-ring (bicyclic) bond motifs is 5. The number of carbonyl (C=O) groups is 3. The predicted molar refractivity (Wildman–Crippen MR) is 86.2 cm³/mol. The maximum atomic E-state index is 12.6. The van der Waals surface area contributed by atoms with E-state index in [4.69, 9.17) is 4.74 Å². The highest BCUT2D eigenvalue weighted by Crippen LogP contribution is 2.56. The van der Waals surface area contributed by atoms with Crippen molar-refractivity contribution in [2.45, 2.75) is 19.3 Å². The SMILES string of the molecule is COc1ccccc1NC(=O)CN1C(=O)C2C3CCC(C3)C2C1=O. The molecule has 2 aliphatic carbocycles. The van der Waals surface area contributed by atoms with Gasteiger partial charge < -0.3 is 10.1 Å². The molecule has 1 N–H and O–H groups in total. The average Bonchev–Trinajstić information content (AvgIpc) is 3.25. The molecular weight excluding hydrogens is 308 g/mol. The number of likely N-dealkylation sites (tertiary alicyclic amines) is 1. The summed E-state index contributed by atoms with van der Waals surface area (Å²) in [6, 6.07) is 7.05. The number of benzene rings is 1. The summed E-state index contributed by atoms with van der Waals surface area (Å²) in [4.78, 5) is 38.7. The highest BCUT2D eigenvalue weighted by molar-refractivity contribution is 6.09. The van der Waals surface area contributed by atoms with Crippen molar-refractivity contribution in [3.63, 3.8) is 0 Å². The number of carbonyl (C=O) groups excluding carboxylic acids is 3. The highest BCUT2D eigenvalue weighted by Gasteiger charge is 2.60. The van der Waals surface area contributed by atoms with Crippen molar-refractivity contribution < 1.29 is 19.1 Å². The van der Waals surface area contributed by atoms with Gasteiger partial charge in [-0.15, -0.1) is 0 Å². The molecule has 1 saturated heterocycles. The summed E-state index contributed by atoms with van der Waals surface area (Å²) in [6.07, 6.45) is 3.06. The van der Waals surface area contributed by atoms with Gasteiger partial charge in [0.05, 0.1) is 24.6 Å². The minimum Gasteiger partial charge on any atom is -0.495 e. The Morgan fingerprint density at radius 3 is 2.42 bits per heavy atom. The number of nitrogens with one attached hydrogen (secondary N) is 1. The molecule has 1 aliphatic heterocycles. The molecule has 1 aromatic rings. The number of anilines is 1. The molecule has 6 nitrogen and oxygen atoms in total. The lowest BCUT2D eigenvalue weighted by Crippen LogP contribution is -2.39. The zero-order valence-electron chi connectivity index (χ0n) is 13.5. The molecule has 0 radical (unpaired) electrons. The second-order valence-electron chi connectivity index (χ2n) is 6.90. The molecule has 0 spiro atoms. The summed E-state index contributed by atoms with van der Waals surface area (Å²) in [5.41, 5.74) is 0.532. The van der Waals surface area contributed by atoms with Crippen LogP contribution in [0.5, 0.6) is 5.75 Å². The van der Waals surface area contributed by atoms with Crippen molar-refractivity contribution in [1.29, 1.82) is 0 Å². The second kappa shape index (κ2) is 5.61. The summed E-state index contributed by atoms with van der Waals surface area (Å²) in [7, 11) is 1.52. The van der Waals surface area contributed by atoms with Gasteiger partial charge in [0.2, 0.25) is 17.7 Å². The number of para-hydroxylation sites is 2. The van der Waals surface area contributed by atoms with Gasteiger partial charge in [0.25, 0.3) is 0 Å². The molecule has 4 rings (SSSR count). The van der Waals surface area contributed by atoms with E-state index < -0.39 is 0 Å². The van der Waals surface area contributed by atoms with E-state index in [2.05, 4.69) is 5.32 Å². The Bertz CT molecular complexity index is 689. The molecule has 24 heavy (non-hydrogen) atoms. The Hall–Kier alpha value is -2.37. The molecule has 3 fully saturated rings. The van der Waals surface area contributed by atoms with E-state index in [0.717, 1.165) is 24.2 Å². The normalized spacial score (nSPS) is 30.6. The Balaban J connectivity index is 1.47. The lowest BCUT2D eigenvalue weighted by atomic mass is 9.81. The van der Waals surface area contributed by atoms with Gasteiger partial charge in [0.1, 0.15) is 12.3 Å². The maximum absolute atomic E-state index is 12.6. The van der Waals surface area contributed by atoms with Crippen molar-refractivity contribution in [2.75, 3.05) is 19.0 Å². The fourth-order valence-electron chi connectivity index (χ4n) is 4.71. The van der Waals surface area contributed by atoms with Crippen molar-refractivity contribution >= 4 is 23.4 Å². The van der Waals surface area contributed by atoms with E-state index in [9.17, 15) is 14.4 Å². The molecule has 3 aliphatic rings. The molecule has 2 bridgehead atoms. The number of hydrogen-bond donors (Lipinski definition) is 1. The van der Waals surface area contributed by atoms with E-state index in [1.54, 1.807) is 24.3 Å². The number of hydrogen-bond acceptors (Lipinski definition) is 4. The molecule has 1 heterocycles. The quantitative estimate of drug-likeness (QED) is 0.853. The van der Waals surface area contributed by atoms with Gasteiger partial charge in [0.15, 0.2) is 0 Å². The molecule has 4 atom stereocenters. The van der Waals surface area contributed by atoms with E-state index >= 15 is 0 Å². The molecule has 2 saturated carbocycles. The molecule has 1 aromatic carbocycles. The molecule has 3 amide bonds. The summed E-state index contributed by atoms with van der Waals surface area (Å²) in [6.45, 7) is -0.220. The topological polar surface area (TPSA) is 75.7 Å². The average molecular weight is 328 g/mol. The van der Waals surface area contributed by atoms with Crippen molar-refractivity contribution in [3.05, 3.63) is 24.3 Å². The van der Waals surface area contributed by atoms with Crippen LogP contribution in [-0.2, 0) is 14.4 Å². The molecule has 6 heteroatoms. The van der Waals surface area contributed by atoms with Crippen LogP contribution in [0.25, 0.3) is 0 Å². The number of nitrogens with zero attached hydrogens (tertiary/aromatic N) is 1. The largest absolute Gasteiger partial charge is 0.495 e.